The Balaban J connectivity index is 2.43. The van der Waals surface area contributed by atoms with E-state index >= 15 is 0 Å². The van der Waals surface area contributed by atoms with E-state index < -0.39 is 12.2 Å². The highest BCUT2D eigenvalue weighted by molar-refractivity contribution is 6.19. The zero-order valence-corrected chi connectivity index (χ0v) is 6.72. The molecule has 0 unspecified atom stereocenters. The van der Waals surface area contributed by atoms with E-state index in [0.29, 0.717) is 0 Å². The third-order valence-corrected chi connectivity index (χ3v) is 1.19. The Morgan fingerprint density at radius 2 is 1.79 bits per heavy atom. The molecule has 0 amide bonds. The molecule has 1 rings (SSSR count). The van der Waals surface area contributed by atoms with Crippen molar-refractivity contribution in [2.45, 2.75) is 6.36 Å². The second-order valence-corrected chi connectivity index (χ2v) is 2.21. The number of alkyl halides is 3. The van der Waals surface area contributed by atoms with Crippen LogP contribution in [0.3, 0.4) is 0 Å². The largest absolute Gasteiger partial charge is 0.578 e. The average Bonchev–Trinajstić information content (AvgIpc) is 2.06. The number of para-hydroxylation sites is 1. The molecule has 0 aliphatic heterocycles. The smallest absolute Gasteiger partial charge is 0.535 e. The molecular weight excluding hydrogens is 203 g/mol. The van der Waals surface area contributed by atoms with Crippen LogP contribution in [0.25, 0.3) is 0 Å². The minimum atomic E-state index is -4.83. The van der Waals surface area contributed by atoms with E-state index in [4.69, 9.17) is 0 Å². The maximum atomic E-state index is 12.7. The second kappa shape index (κ2) is 4.32. The van der Waals surface area contributed by atoms with Crippen molar-refractivity contribution >= 4 is 7.69 Å². The molecule has 1 aromatic carbocycles. The summed E-state index contributed by atoms with van der Waals surface area (Å²) in [5.74, 6) is -1.11. The molecule has 1 radical (unpaired) electrons. The first-order valence-corrected chi connectivity index (χ1v) is 3.46. The molecule has 0 N–H and O–H groups in total. The lowest BCUT2D eigenvalue weighted by Crippen LogP contribution is -2.20. The Morgan fingerprint density at radius 1 is 1.14 bits per heavy atom. The lowest BCUT2D eigenvalue weighted by Gasteiger charge is -2.07. The SMILES string of the molecule is Fc1ccccc1O[B]OC(F)(F)F. The van der Waals surface area contributed by atoms with Crippen molar-refractivity contribution in [3.63, 3.8) is 0 Å². The summed E-state index contributed by atoms with van der Waals surface area (Å²) >= 11 is 0. The molecule has 0 heterocycles. The molecule has 0 aromatic heterocycles. The molecule has 7 heteroatoms. The van der Waals surface area contributed by atoms with Crippen LogP contribution < -0.4 is 4.65 Å². The monoisotopic (exact) mass is 207 g/mol. The van der Waals surface area contributed by atoms with Gasteiger partial charge < -0.3 is 9.31 Å². The standard InChI is InChI=1S/C7H4BF4O2/c9-5-3-1-2-4-6(5)13-8-14-7(10,11)12/h1-4H. The van der Waals surface area contributed by atoms with Crippen LogP contribution in [0.1, 0.15) is 0 Å². The average molecular weight is 207 g/mol. The van der Waals surface area contributed by atoms with Gasteiger partial charge in [0.25, 0.3) is 0 Å². The molecule has 0 saturated carbocycles. The Hall–Kier alpha value is -1.24. The summed E-state index contributed by atoms with van der Waals surface area (Å²) in [6.07, 6.45) is -4.83. The maximum Gasteiger partial charge on any atom is 0.578 e. The predicted octanol–water partition coefficient (Wildman–Crippen LogP) is 2.28. The van der Waals surface area contributed by atoms with Crippen molar-refractivity contribution in [3.8, 4) is 5.75 Å². The molecule has 0 atom stereocenters. The number of hydrogen-bond donors (Lipinski definition) is 0. The Kier molecular flexibility index (Phi) is 3.35. The fourth-order valence-electron chi connectivity index (χ4n) is 0.671. The predicted molar refractivity (Wildman–Crippen MR) is 39.9 cm³/mol. The van der Waals surface area contributed by atoms with Gasteiger partial charge in [0, 0.05) is 0 Å². The first-order chi connectivity index (χ1) is 6.49. The molecule has 0 fully saturated rings. The Morgan fingerprint density at radius 3 is 2.36 bits per heavy atom. The van der Waals surface area contributed by atoms with E-state index in [1.807, 2.05) is 0 Å². The van der Waals surface area contributed by atoms with Gasteiger partial charge in [0.05, 0.1) is 0 Å². The third kappa shape index (κ3) is 3.65. The molecule has 0 spiro atoms. The molecule has 0 aliphatic rings. The maximum absolute atomic E-state index is 12.7. The van der Waals surface area contributed by atoms with E-state index in [9.17, 15) is 17.6 Å². The van der Waals surface area contributed by atoms with E-state index in [1.54, 1.807) is 0 Å². The number of halogens is 4. The van der Waals surface area contributed by atoms with Crippen LogP contribution in [0.4, 0.5) is 17.6 Å². The summed E-state index contributed by atoms with van der Waals surface area (Å²) < 4.78 is 54.5. The van der Waals surface area contributed by atoms with E-state index in [1.165, 1.54) is 18.2 Å². The minimum Gasteiger partial charge on any atom is -0.535 e. The van der Waals surface area contributed by atoms with Crippen LogP contribution in [0.2, 0.25) is 0 Å². The van der Waals surface area contributed by atoms with Gasteiger partial charge >= 0.3 is 14.0 Å². The van der Waals surface area contributed by atoms with Crippen LogP contribution in [-0.2, 0) is 4.65 Å². The van der Waals surface area contributed by atoms with Gasteiger partial charge in [-0.15, -0.1) is 13.2 Å². The van der Waals surface area contributed by atoms with Crippen LogP contribution in [0, 0.1) is 5.82 Å². The fourth-order valence-corrected chi connectivity index (χ4v) is 0.671. The Labute approximate surface area is 77.7 Å². The first-order valence-electron chi connectivity index (χ1n) is 3.46. The van der Waals surface area contributed by atoms with Crippen LogP contribution in [0.15, 0.2) is 24.3 Å². The molecule has 75 valence electrons. The Bertz CT molecular complexity index is 302. The topological polar surface area (TPSA) is 18.5 Å². The van der Waals surface area contributed by atoms with Gasteiger partial charge in [0.2, 0.25) is 0 Å². The molecule has 1 aromatic rings. The summed E-state index contributed by atoms with van der Waals surface area (Å²) in [7, 11) is 0.0262. The molecular formula is C7H4BF4O2. The summed E-state index contributed by atoms with van der Waals surface area (Å²) in [4.78, 5) is 0. The summed E-state index contributed by atoms with van der Waals surface area (Å²) in [5.41, 5.74) is 0. The van der Waals surface area contributed by atoms with Crippen molar-refractivity contribution in [1.29, 1.82) is 0 Å². The number of benzene rings is 1. The molecule has 14 heavy (non-hydrogen) atoms. The van der Waals surface area contributed by atoms with Crippen molar-refractivity contribution in [2.24, 2.45) is 0 Å². The van der Waals surface area contributed by atoms with E-state index in [0.717, 1.165) is 6.07 Å². The van der Waals surface area contributed by atoms with Crippen LogP contribution >= 0.6 is 0 Å². The van der Waals surface area contributed by atoms with Crippen molar-refractivity contribution in [1.82, 2.24) is 0 Å². The fraction of sp³-hybridized carbons (Fsp3) is 0.143. The van der Waals surface area contributed by atoms with Gasteiger partial charge in [-0.2, -0.15) is 0 Å². The van der Waals surface area contributed by atoms with Crippen molar-refractivity contribution < 1.29 is 26.9 Å². The minimum absolute atomic E-state index is 0.0262. The first kappa shape index (κ1) is 10.8. The summed E-state index contributed by atoms with van der Waals surface area (Å²) in [6.45, 7) is 0. The normalized spacial score (nSPS) is 11.1. The van der Waals surface area contributed by atoms with Crippen molar-refractivity contribution in [2.75, 3.05) is 0 Å². The second-order valence-electron chi connectivity index (χ2n) is 2.21. The van der Waals surface area contributed by atoms with Crippen LogP contribution in [0.5, 0.6) is 5.75 Å². The third-order valence-electron chi connectivity index (χ3n) is 1.19. The highest BCUT2D eigenvalue weighted by Crippen LogP contribution is 2.18. The highest BCUT2D eigenvalue weighted by Gasteiger charge is 2.30. The lowest BCUT2D eigenvalue weighted by molar-refractivity contribution is -0.279. The van der Waals surface area contributed by atoms with Crippen molar-refractivity contribution in [3.05, 3.63) is 30.1 Å². The number of rotatable bonds is 3. The lowest BCUT2D eigenvalue weighted by atomic mass is 10.3. The van der Waals surface area contributed by atoms with Gasteiger partial charge in [-0.1, -0.05) is 12.1 Å². The van der Waals surface area contributed by atoms with E-state index in [2.05, 4.69) is 9.31 Å². The van der Waals surface area contributed by atoms with Gasteiger partial charge in [-0.05, 0) is 12.1 Å². The van der Waals surface area contributed by atoms with E-state index in [-0.39, 0.29) is 13.4 Å². The van der Waals surface area contributed by atoms with Gasteiger partial charge in [0.15, 0.2) is 5.82 Å². The van der Waals surface area contributed by atoms with Gasteiger partial charge in [-0.25, -0.2) is 4.39 Å². The quantitative estimate of drug-likeness (QED) is 0.558. The molecule has 0 bridgehead atoms. The number of hydrogen-bond acceptors (Lipinski definition) is 2. The summed E-state index contributed by atoms with van der Waals surface area (Å²) in [6, 6.07) is 5.02. The van der Waals surface area contributed by atoms with Crippen LogP contribution in [-0.4, -0.2) is 14.0 Å². The molecule has 0 aliphatic carbocycles. The molecule has 2 nitrogen and oxygen atoms in total. The molecule has 0 saturated heterocycles. The summed E-state index contributed by atoms with van der Waals surface area (Å²) in [5, 5.41) is 0. The zero-order chi connectivity index (χ0) is 10.6. The van der Waals surface area contributed by atoms with Gasteiger partial charge in [-0.3, -0.25) is 0 Å². The zero-order valence-electron chi connectivity index (χ0n) is 6.72. The van der Waals surface area contributed by atoms with Gasteiger partial charge in [0.1, 0.15) is 5.75 Å². The highest BCUT2D eigenvalue weighted by atomic mass is 19.4.